The molecule has 0 spiro atoms. The maximum absolute atomic E-state index is 9.25. The number of carbonyl (C=O) groups is 1. The fraction of sp³-hybridized carbons (Fsp3) is 0. The van der Waals surface area contributed by atoms with Gasteiger partial charge in [0.05, 0.1) is 0 Å². The van der Waals surface area contributed by atoms with E-state index in [-0.39, 0.29) is 11.0 Å². The Kier molecular flexibility index (Phi) is 6.68. The van der Waals surface area contributed by atoms with Crippen LogP contribution in [0, 0.1) is 0 Å². The third-order valence-electron chi connectivity index (χ3n) is 0.175. The summed E-state index contributed by atoms with van der Waals surface area (Å²) in [5, 5.41) is 7.60. The molecule has 0 aliphatic rings. The van der Waals surface area contributed by atoms with Gasteiger partial charge in [-0.25, -0.2) is 4.79 Å². The molecule has 0 aliphatic carbocycles. The maximum Gasteiger partial charge on any atom is 0.327 e. The van der Waals surface area contributed by atoms with Crippen LogP contribution in [0.2, 0.25) is 0 Å². The lowest BCUT2D eigenvalue weighted by molar-refractivity contribution is -0.131. The first-order valence-electron chi connectivity index (χ1n) is 1.12. The molecule has 0 atom stereocenters. The standard InChI is InChI=1S/C3H4O2.H4Si/c1-2-3(4)5;/h2H,1H2,(H,4,5);1H4. The minimum Gasteiger partial charge on any atom is -0.478 e. The van der Waals surface area contributed by atoms with Crippen molar-refractivity contribution < 1.29 is 9.90 Å². The fourth-order valence-corrected chi connectivity index (χ4v) is 0. The first-order valence-corrected chi connectivity index (χ1v) is 1.12. The first kappa shape index (κ1) is 9.06. The second kappa shape index (κ2) is 4.43. The Bertz CT molecular complexity index is 59.8. The van der Waals surface area contributed by atoms with Crippen LogP contribution in [0.1, 0.15) is 0 Å². The van der Waals surface area contributed by atoms with Crippen LogP contribution in [0.4, 0.5) is 0 Å². The van der Waals surface area contributed by atoms with Crippen molar-refractivity contribution in [2.75, 3.05) is 0 Å². The van der Waals surface area contributed by atoms with Crippen molar-refractivity contribution in [3.05, 3.63) is 12.7 Å². The van der Waals surface area contributed by atoms with E-state index < -0.39 is 5.97 Å². The maximum atomic E-state index is 9.25. The minimum absolute atomic E-state index is 0. The topological polar surface area (TPSA) is 37.3 Å². The van der Waals surface area contributed by atoms with Crippen LogP contribution in [-0.2, 0) is 4.79 Å². The molecule has 6 heavy (non-hydrogen) atoms. The summed E-state index contributed by atoms with van der Waals surface area (Å²) in [6.07, 6.45) is 0.833. The molecule has 2 nitrogen and oxygen atoms in total. The van der Waals surface area contributed by atoms with Gasteiger partial charge < -0.3 is 5.11 Å². The molecule has 0 aromatic rings. The van der Waals surface area contributed by atoms with Crippen molar-refractivity contribution in [1.29, 1.82) is 0 Å². The van der Waals surface area contributed by atoms with Crippen molar-refractivity contribution in [3.63, 3.8) is 0 Å². The van der Waals surface area contributed by atoms with Gasteiger partial charge in [-0.05, 0) is 11.0 Å². The molecule has 36 valence electrons. The number of rotatable bonds is 1. The van der Waals surface area contributed by atoms with E-state index in [9.17, 15) is 4.79 Å². The van der Waals surface area contributed by atoms with Crippen LogP contribution >= 0.6 is 0 Å². The molecule has 0 aliphatic heterocycles. The molecule has 0 unspecified atom stereocenters. The van der Waals surface area contributed by atoms with Gasteiger partial charge in [0.15, 0.2) is 0 Å². The van der Waals surface area contributed by atoms with E-state index in [0.29, 0.717) is 0 Å². The highest BCUT2D eigenvalue weighted by atomic mass is 28.1. The molecule has 0 aromatic heterocycles. The molecule has 0 radical (unpaired) electrons. The fourth-order valence-electron chi connectivity index (χ4n) is 0. The second-order valence-corrected chi connectivity index (χ2v) is 0.542. The lowest BCUT2D eigenvalue weighted by Gasteiger charge is -1.64. The summed E-state index contributed by atoms with van der Waals surface area (Å²) in [6.45, 7) is 2.96. The monoisotopic (exact) mass is 104 g/mol. The SMILES string of the molecule is C=CC(=O)O.[SiH4]. The normalized spacial score (nSPS) is 5.33. The van der Waals surface area contributed by atoms with Gasteiger partial charge in [-0.15, -0.1) is 0 Å². The van der Waals surface area contributed by atoms with Gasteiger partial charge in [0.25, 0.3) is 0 Å². The van der Waals surface area contributed by atoms with Crippen molar-refractivity contribution in [2.24, 2.45) is 0 Å². The lowest BCUT2D eigenvalue weighted by atomic mass is 10.7. The van der Waals surface area contributed by atoms with Gasteiger partial charge in [-0.3, -0.25) is 0 Å². The lowest BCUT2D eigenvalue weighted by Crippen LogP contribution is -1.82. The number of hydrogen-bond acceptors (Lipinski definition) is 1. The van der Waals surface area contributed by atoms with Gasteiger partial charge in [-0.2, -0.15) is 0 Å². The Balaban J connectivity index is 0. The molecule has 1 N–H and O–H groups in total. The van der Waals surface area contributed by atoms with Gasteiger partial charge in [-0.1, -0.05) is 6.58 Å². The summed E-state index contributed by atoms with van der Waals surface area (Å²) in [6, 6.07) is 0. The van der Waals surface area contributed by atoms with Gasteiger partial charge in [0, 0.05) is 6.08 Å². The van der Waals surface area contributed by atoms with E-state index >= 15 is 0 Å². The molecule has 0 rings (SSSR count). The molecule has 0 saturated carbocycles. The van der Waals surface area contributed by atoms with Crippen LogP contribution in [0.5, 0.6) is 0 Å². The average Bonchev–Trinajstić information content (AvgIpc) is 1.38. The summed E-state index contributed by atoms with van der Waals surface area (Å²) in [5.74, 6) is -0.981. The second-order valence-electron chi connectivity index (χ2n) is 0.542. The summed E-state index contributed by atoms with van der Waals surface area (Å²) in [4.78, 5) is 9.25. The molecular formula is C3H8O2Si. The minimum atomic E-state index is -0.981. The average molecular weight is 104 g/mol. The molecule has 0 amide bonds. The van der Waals surface area contributed by atoms with Gasteiger partial charge >= 0.3 is 5.97 Å². The van der Waals surface area contributed by atoms with Gasteiger partial charge in [0.1, 0.15) is 0 Å². The summed E-state index contributed by atoms with van der Waals surface area (Å²) in [7, 11) is 0. The van der Waals surface area contributed by atoms with Crippen molar-refractivity contribution >= 4 is 16.9 Å². The zero-order chi connectivity index (χ0) is 4.28. The highest BCUT2D eigenvalue weighted by molar-refractivity contribution is 5.78. The number of carboxylic acids is 1. The van der Waals surface area contributed by atoms with E-state index in [1.165, 1.54) is 0 Å². The quantitative estimate of drug-likeness (QED) is 0.335. The Morgan fingerprint density at radius 3 is 2.00 bits per heavy atom. The van der Waals surface area contributed by atoms with Crippen LogP contribution in [-0.4, -0.2) is 22.0 Å². The Morgan fingerprint density at radius 2 is 2.00 bits per heavy atom. The predicted molar refractivity (Wildman–Crippen MR) is 29.2 cm³/mol. The van der Waals surface area contributed by atoms with E-state index in [1.807, 2.05) is 0 Å². The molecule has 0 bridgehead atoms. The highest BCUT2D eigenvalue weighted by Crippen LogP contribution is 1.54. The third kappa shape index (κ3) is 9.91. The van der Waals surface area contributed by atoms with E-state index in [2.05, 4.69) is 6.58 Å². The van der Waals surface area contributed by atoms with Crippen LogP contribution in [0.15, 0.2) is 12.7 Å². The van der Waals surface area contributed by atoms with Crippen LogP contribution in [0.25, 0.3) is 0 Å². The van der Waals surface area contributed by atoms with Gasteiger partial charge in [0.2, 0.25) is 0 Å². The zero-order valence-electron chi connectivity index (χ0n) is 2.64. The Morgan fingerprint density at radius 1 is 1.83 bits per heavy atom. The van der Waals surface area contributed by atoms with Crippen molar-refractivity contribution in [2.45, 2.75) is 0 Å². The van der Waals surface area contributed by atoms with E-state index in [0.717, 1.165) is 6.08 Å². The first-order chi connectivity index (χ1) is 2.27. The van der Waals surface area contributed by atoms with Crippen molar-refractivity contribution in [3.8, 4) is 0 Å². The van der Waals surface area contributed by atoms with E-state index in [4.69, 9.17) is 5.11 Å². The molecule has 0 fully saturated rings. The Hall–Kier alpha value is -0.573. The van der Waals surface area contributed by atoms with Crippen molar-refractivity contribution in [1.82, 2.24) is 0 Å². The number of carboxylic acid groups (broad SMARTS) is 1. The number of hydrogen-bond donors (Lipinski definition) is 1. The third-order valence-corrected chi connectivity index (χ3v) is 0.175. The molecule has 3 heteroatoms. The van der Waals surface area contributed by atoms with Crippen LogP contribution in [0.3, 0.4) is 0 Å². The predicted octanol–water partition coefficient (Wildman–Crippen LogP) is -1.19. The summed E-state index contributed by atoms with van der Waals surface area (Å²) >= 11 is 0. The zero-order valence-corrected chi connectivity index (χ0v) is 2.64. The number of aliphatic carboxylic acids is 1. The summed E-state index contributed by atoms with van der Waals surface area (Å²) < 4.78 is 0. The van der Waals surface area contributed by atoms with Crippen LogP contribution < -0.4 is 0 Å². The molecule has 0 aromatic carbocycles. The Labute approximate surface area is 40.5 Å². The largest absolute Gasteiger partial charge is 0.478 e. The highest BCUT2D eigenvalue weighted by Gasteiger charge is 1.73. The smallest absolute Gasteiger partial charge is 0.327 e. The molecule has 0 saturated heterocycles. The van der Waals surface area contributed by atoms with E-state index in [1.54, 1.807) is 0 Å². The summed E-state index contributed by atoms with van der Waals surface area (Å²) in [5.41, 5.74) is 0. The molecular weight excluding hydrogens is 96.1 g/mol. The molecule has 0 heterocycles.